The molecule has 0 bridgehead atoms. The molecule has 4 heterocycles. The van der Waals surface area contributed by atoms with Gasteiger partial charge in [-0.2, -0.15) is 5.26 Å². The molecular formula is C37H38N8O5S. The number of benzene rings is 3. The number of morpholine rings is 1. The molecule has 0 aliphatic carbocycles. The molecule has 2 aliphatic heterocycles. The van der Waals surface area contributed by atoms with Crippen molar-refractivity contribution >= 4 is 49.5 Å². The smallest absolute Gasteiger partial charge is 0.266 e. The topological polar surface area (TPSA) is 145 Å². The molecule has 2 fully saturated rings. The molecular weight excluding hydrogens is 669 g/mol. The van der Waals surface area contributed by atoms with E-state index in [1.165, 1.54) is 6.07 Å². The van der Waals surface area contributed by atoms with E-state index in [0.717, 1.165) is 21.2 Å². The molecule has 2 aliphatic rings. The Morgan fingerprint density at radius 3 is 2.37 bits per heavy atom. The van der Waals surface area contributed by atoms with Crippen LogP contribution < -0.4 is 4.31 Å². The van der Waals surface area contributed by atoms with Crippen LogP contribution >= 0.6 is 0 Å². The number of nitrogens with zero attached hydrogens (tertiary/aromatic N) is 8. The Morgan fingerprint density at radius 1 is 0.902 bits per heavy atom. The van der Waals surface area contributed by atoms with Crippen LogP contribution in [-0.4, -0.2) is 115 Å². The van der Waals surface area contributed by atoms with E-state index >= 15 is 0 Å². The number of rotatable bonds is 9. The summed E-state index contributed by atoms with van der Waals surface area (Å²) in [6, 6.07) is 23.2. The number of nitriles is 1. The molecule has 0 atom stereocenters. The first-order valence-corrected chi connectivity index (χ1v) is 18.3. The number of sulfonamides is 1. The zero-order valence-corrected chi connectivity index (χ0v) is 29.1. The summed E-state index contributed by atoms with van der Waals surface area (Å²) in [6.45, 7) is 3.83. The first-order valence-electron chi connectivity index (χ1n) is 16.9. The highest BCUT2D eigenvalue weighted by atomic mass is 32.2. The van der Waals surface area contributed by atoms with Gasteiger partial charge < -0.3 is 19.1 Å². The van der Waals surface area contributed by atoms with Crippen LogP contribution in [-0.2, 0) is 37.8 Å². The number of carbonyl (C=O) groups excluding carboxylic acids is 2. The van der Waals surface area contributed by atoms with Gasteiger partial charge in [-0.15, -0.1) is 0 Å². The van der Waals surface area contributed by atoms with Crippen molar-refractivity contribution < 1.29 is 22.7 Å². The lowest BCUT2D eigenvalue weighted by molar-refractivity contribution is -0.137. The number of aromatic nitrogens is 3. The lowest BCUT2D eigenvalue weighted by atomic mass is 10.1. The highest BCUT2D eigenvalue weighted by Gasteiger charge is 2.33. The lowest BCUT2D eigenvalue weighted by Gasteiger charge is -2.37. The summed E-state index contributed by atoms with van der Waals surface area (Å²) in [4.78, 5) is 41.5. The number of hydrogen-bond donors (Lipinski definition) is 0. The van der Waals surface area contributed by atoms with Crippen molar-refractivity contribution in [2.24, 2.45) is 7.05 Å². The second-order valence-corrected chi connectivity index (χ2v) is 14.6. The van der Waals surface area contributed by atoms with E-state index in [-0.39, 0.29) is 23.3 Å². The summed E-state index contributed by atoms with van der Waals surface area (Å²) >= 11 is 0. The minimum absolute atomic E-state index is 0.00228. The van der Waals surface area contributed by atoms with E-state index in [1.807, 2.05) is 34.7 Å². The molecule has 5 aromatic rings. The fourth-order valence-electron chi connectivity index (χ4n) is 6.63. The molecule has 0 saturated carbocycles. The highest BCUT2D eigenvalue weighted by Crippen LogP contribution is 2.31. The zero-order chi connectivity index (χ0) is 35.5. The number of fused-ring (bicyclic) bond motifs is 2. The zero-order valence-electron chi connectivity index (χ0n) is 28.3. The summed E-state index contributed by atoms with van der Waals surface area (Å²) in [5, 5.41) is 9.83. The van der Waals surface area contributed by atoms with E-state index < -0.39 is 16.6 Å². The monoisotopic (exact) mass is 706 g/mol. The van der Waals surface area contributed by atoms with Gasteiger partial charge in [-0.25, -0.2) is 13.4 Å². The van der Waals surface area contributed by atoms with Gasteiger partial charge in [0.1, 0.15) is 17.3 Å². The van der Waals surface area contributed by atoms with Gasteiger partial charge in [0, 0.05) is 64.3 Å². The number of ether oxygens (including phenoxy) is 1. The molecule has 2 saturated heterocycles. The van der Waals surface area contributed by atoms with Gasteiger partial charge in [-0.05, 0) is 48.0 Å². The Labute approximate surface area is 296 Å². The van der Waals surface area contributed by atoms with Crippen LogP contribution in [0.5, 0.6) is 0 Å². The van der Waals surface area contributed by atoms with Gasteiger partial charge in [0.05, 0.1) is 53.6 Å². The Kier molecular flexibility index (Phi) is 9.68. The minimum Gasteiger partial charge on any atom is -0.378 e. The molecule has 13 nitrogen and oxygen atoms in total. The Balaban J connectivity index is 1.16. The molecule has 0 unspecified atom stereocenters. The molecule has 2 amide bonds. The van der Waals surface area contributed by atoms with Crippen LogP contribution in [0.2, 0.25) is 0 Å². The first kappa shape index (κ1) is 34.1. The van der Waals surface area contributed by atoms with Crippen molar-refractivity contribution in [3.63, 3.8) is 0 Å². The standard InChI is InChI=1S/C37H38N8O5S/c1-41-32-12-11-30(23-31(32)40-34(41)22-27-7-9-28(24-38)10-8-27)45(51(48,49)33-6-2-4-29-5-3-13-39-37(29)33)26-36(47)43-16-14-42(15-17-43)25-35(46)44-18-20-50-21-19-44/h2-13,23H,14-22,25-26H2,1H3. The molecule has 14 heteroatoms. The maximum absolute atomic E-state index is 14.6. The van der Waals surface area contributed by atoms with Crippen LogP contribution in [0.15, 0.2) is 83.9 Å². The summed E-state index contributed by atoms with van der Waals surface area (Å²) in [5.41, 5.74) is 3.57. The number of amides is 2. The molecule has 2 aromatic heterocycles. The number of hydrogen-bond acceptors (Lipinski definition) is 9. The van der Waals surface area contributed by atoms with Crippen molar-refractivity contribution in [1.82, 2.24) is 29.2 Å². The van der Waals surface area contributed by atoms with Crippen LogP contribution in [0.3, 0.4) is 0 Å². The first-order chi connectivity index (χ1) is 24.7. The van der Waals surface area contributed by atoms with E-state index in [9.17, 15) is 18.0 Å². The fraction of sp³-hybridized carbons (Fsp3) is 0.324. The number of imidazole rings is 1. The van der Waals surface area contributed by atoms with Crippen molar-refractivity contribution in [1.29, 1.82) is 5.26 Å². The second-order valence-electron chi connectivity index (χ2n) is 12.7. The number of anilines is 1. The maximum atomic E-state index is 14.6. The predicted molar refractivity (Wildman–Crippen MR) is 191 cm³/mol. The summed E-state index contributed by atoms with van der Waals surface area (Å²) in [6.07, 6.45) is 2.06. The second kappa shape index (κ2) is 14.5. The van der Waals surface area contributed by atoms with Crippen LogP contribution in [0.1, 0.15) is 17.0 Å². The van der Waals surface area contributed by atoms with E-state index in [1.54, 1.807) is 64.5 Å². The van der Waals surface area contributed by atoms with Crippen LogP contribution in [0.4, 0.5) is 5.69 Å². The SMILES string of the molecule is Cn1c(Cc2ccc(C#N)cc2)nc2cc(N(CC(=O)N3CCN(CC(=O)N4CCOCC4)CC3)S(=O)(=O)c3cccc4cccnc34)ccc21. The van der Waals surface area contributed by atoms with Crippen molar-refractivity contribution in [3.05, 3.63) is 95.9 Å². The average Bonchev–Trinajstić information content (AvgIpc) is 3.47. The van der Waals surface area contributed by atoms with Crippen molar-refractivity contribution in [2.75, 3.05) is 69.9 Å². The maximum Gasteiger partial charge on any atom is 0.266 e. The highest BCUT2D eigenvalue weighted by molar-refractivity contribution is 7.93. The normalized spacial score (nSPS) is 15.6. The van der Waals surface area contributed by atoms with Crippen LogP contribution in [0, 0.1) is 11.3 Å². The summed E-state index contributed by atoms with van der Waals surface area (Å²) < 4.78 is 37.7. The van der Waals surface area contributed by atoms with Crippen molar-refractivity contribution in [2.45, 2.75) is 11.3 Å². The fourth-order valence-corrected chi connectivity index (χ4v) is 8.21. The Morgan fingerprint density at radius 2 is 1.63 bits per heavy atom. The Hall–Kier alpha value is -5.36. The van der Waals surface area contributed by atoms with Gasteiger partial charge in [0.2, 0.25) is 11.8 Å². The van der Waals surface area contributed by atoms with Gasteiger partial charge in [-0.1, -0.05) is 30.3 Å². The average molecular weight is 707 g/mol. The summed E-state index contributed by atoms with van der Waals surface area (Å²) in [5.74, 6) is 0.470. The quantitative estimate of drug-likeness (QED) is 0.226. The minimum atomic E-state index is -4.29. The summed E-state index contributed by atoms with van der Waals surface area (Å²) in [7, 11) is -2.38. The number of carbonyl (C=O) groups is 2. The third-order valence-electron chi connectivity index (χ3n) is 9.58. The van der Waals surface area contributed by atoms with E-state index in [0.29, 0.717) is 86.6 Å². The van der Waals surface area contributed by atoms with Gasteiger partial charge >= 0.3 is 0 Å². The number of para-hydroxylation sites is 1. The molecule has 7 rings (SSSR count). The largest absolute Gasteiger partial charge is 0.378 e. The van der Waals surface area contributed by atoms with E-state index in [2.05, 4.69) is 11.1 Å². The third kappa shape index (κ3) is 7.14. The molecule has 262 valence electrons. The predicted octanol–water partition coefficient (Wildman–Crippen LogP) is 2.78. The molecule has 0 N–H and O–H groups in total. The molecule has 0 spiro atoms. The third-order valence-corrected chi connectivity index (χ3v) is 11.4. The van der Waals surface area contributed by atoms with Gasteiger partial charge in [0.15, 0.2) is 0 Å². The molecule has 3 aromatic carbocycles. The van der Waals surface area contributed by atoms with E-state index in [4.69, 9.17) is 15.0 Å². The Bertz CT molecular complexity index is 2230. The molecule has 51 heavy (non-hydrogen) atoms. The van der Waals surface area contributed by atoms with Gasteiger partial charge in [0.25, 0.3) is 10.0 Å². The van der Waals surface area contributed by atoms with Gasteiger partial charge in [-0.3, -0.25) is 23.8 Å². The number of pyridine rings is 1. The van der Waals surface area contributed by atoms with Crippen molar-refractivity contribution in [3.8, 4) is 6.07 Å². The molecule has 0 radical (unpaired) electrons. The lowest BCUT2D eigenvalue weighted by Crippen LogP contribution is -2.54. The number of aryl methyl sites for hydroxylation is 1. The number of piperazine rings is 1. The van der Waals surface area contributed by atoms with Crippen LogP contribution in [0.25, 0.3) is 21.9 Å².